The lowest BCUT2D eigenvalue weighted by molar-refractivity contribution is -0.145. The van der Waals surface area contributed by atoms with E-state index in [9.17, 15) is 39.9 Å². The summed E-state index contributed by atoms with van der Waals surface area (Å²) in [6, 6.07) is 4.25. The molecule has 1 saturated heterocycles. The Balaban J connectivity index is 0.000000377. The van der Waals surface area contributed by atoms with Gasteiger partial charge in [-0.3, -0.25) is 14.4 Å². The molecule has 0 aromatic heterocycles. The number of ketones is 3. The molecule has 1 heterocycles. The van der Waals surface area contributed by atoms with Crippen LogP contribution >= 0.6 is 12.4 Å². The second kappa shape index (κ2) is 11.8. The second-order valence-electron chi connectivity index (χ2n) is 9.91. The summed E-state index contributed by atoms with van der Waals surface area (Å²) in [6.45, 7) is 1.52. The minimum atomic E-state index is -2.21. The Morgan fingerprint density at radius 2 is 1.77 bits per heavy atom. The molecule has 5 atom stereocenters. The number of benzene rings is 2. The maximum atomic E-state index is 13.2. The van der Waals surface area contributed by atoms with E-state index >= 15 is 0 Å². The normalized spacial score (nSPS) is 26.8. The number of nitrogens with two attached hydrogens (primary N) is 1. The molecule has 5 rings (SSSR count). The quantitative estimate of drug-likeness (QED) is 0.204. The van der Waals surface area contributed by atoms with Crippen LogP contribution < -0.4 is 10.5 Å². The molecule has 2 aliphatic carbocycles. The number of hydrogen-bond acceptors (Lipinski definition) is 12. The molecule has 1 aliphatic heterocycles. The largest absolute Gasteiger partial charge is 0.507 e. The number of methoxy groups -OCH3 is 1. The molecular weight excluding hydrogens is 550 g/mol. The average molecular weight is 582 g/mol. The molecule has 2 aromatic rings. The fourth-order valence-electron chi connectivity index (χ4n) is 5.31. The Kier molecular flexibility index (Phi) is 9.26. The predicted molar refractivity (Wildman–Crippen MR) is 141 cm³/mol. The van der Waals surface area contributed by atoms with Gasteiger partial charge in [0.05, 0.1) is 42.1 Å². The summed E-state index contributed by atoms with van der Waals surface area (Å²) >= 11 is 0. The first-order valence-electron chi connectivity index (χ1n) is 12.3. The molecule has 13 heteroatoms. The van der Waals surface area contributed by atoms with E-state index in [1.807, 2.05) is 6.92 Å². The maximum Gasteiger partial charge on any atom is 0.202 e. The predicted octanol–water partition coefficient (Wildman–Crippen LogP) is 0.0591. The highest BCUT2D eigenvalue weighted by Crippen LogP contribution is 2.50. The van der Waals surface area contributed by atoms with Gasteiger partial charge < -0.3 is 45.8 Å². The summed E-state index contributed by atoms with van der Waals surface area (Å²) in [5.74, 6) is -3.83. The van der Waals surface area contributed by atoms with E-state index in [1.165, 1.54) is 25.3 Å². The minimum Gasteiger partial charge on any atom is -0.507 e. The first-order valence-corrected chi connectivity index (χ1v) is 12.3. The number of carbonyl (C=O) groups excluding carboxylic acids is 3. The number of phenolic OH excluding ortho intramolecular Hbond substituents is 2. The number of aliphatic hydroxyl groups is 4. The molecule has 1 fully saturated rings. The van der Waals surface area contributed by atoms with Crippen molar-refractivity contribution in [2.45, 2.75) is 56.1 Å². The zero-order valence-corrected chi connectivity index (χ0v) is 22.6. The van der Waals surface area contributed by atoms with Crippen molar-refractivity contribution in [3.63, 3.8) is 0 Å². The third-order valence-electron chi connectivity index (χ3n) is 7.51. The standard InChI is InChI=1S/C21H18O9.C6H13NO2.ClH/c1-30-11-4-2-3-8-14(11)20(28)16-15(17(8)25)18(26)9-5-21(29,12(24)7-22)6-10(23)13(9)19(16)27;1-4-6(8)5(7)2-3-9-4;/h2-4,10,22-23,26-27,29H,5-7H2,1H3;4-6,8H,2-3,7H2,1H3;1H/t10-,21-;4-,5-,6+;/m00./s1. The smallest absolute Gasteiger partial charge is 0.202 e. The third kappa shape index (κ3) is 5.07. The van der Waals surface area contributed by atoms with Crippen LogP contribution in [-0.2, 0) is 16.0 Å². The summed E-state index contributed by atoms with van der Waals surface area (Å²) in [6.07, 6.45) is -2.55. The summed E-state index contributed by atoms with van der Waals surface area (Å²) in [5, 5.41) is 61.1. The van der Waals surface area contributed by atoms with Crippen molar-refractivity contribution < 1.29 is 54.5 Å². The molecule has 218 valence electrons. The van der Waals surface area contributed by atoms with Crippen molar-refractivity contribution in [3.8, 4) is 17.2 Å². The van der Waals surface area contributed by atoms with E-state index in [2.05, 4.69) is 0 Å². The number of fused-ring (bicyclic) bond motifs is 3. The van der Waals surface area contributed by atoms with Gasteiger partial charge in [-0.15, -0.1) is 12.4 Å². The molecule has 3 aliphatic rings. The van der Waals surface area contributed by atoms with Gasteiger partial charge in [-0.25, -0.2) is 0 Å². The van der Waals surface area contributed by atoms with Crippen molar-refractivity contribution >= 4 is 29.8 Å². The first-order chi connectivity index (χ1) is 18.4. The summed E-state index contributed by atoms with van der Waals surface area (Å²) in [5.41, 5.74) is 1.77. The Labute approximate surface area is 235 Å². The lowest BCUT2D eigenvalue weighted by Gasteiger charge is -2.36. The number of Topliss-reactive ketones (excluding diaryl/α,β-unsaturated/α-hetero) is 1. The van der Waals surface area contributed by atoms with Gasteiger partial charge in [-0.1, -0.05) is 12.1 Å². The number of ether oxygens (including phenoxy) is 2. The highest BCUT2D eigenvalue weighted by molar-refractivity contribution is 6.31. The van der Waals surface area contributed by atoms with E-state index in [1.54, 1.807) is 0 Å². The minimum absolute atomic E-state index is 0. The molecule has 2 aromatic carbocycles. The Morgan fingerprint density at radius 1 is 1.12 bits per heavy atom. The number of hydrogen-bond donors (Lipinski definition) is 7. The van der Waals surface area contributed by atoms with Crippen LogP contribution in [0.4, 0.5) is 0 Å². The van der Waals surface area contributed by atoms with Crippen molar-refractivity contribution in [2.75, 3.05) is 20.3 Å². The summed E-state index contributed by atoms with van der Waals surface area (Å²) in [4.78, 5) is 38.3. The molecular formula is C27H32ClNO11. The van der Waals surface area contributed by atoms with Crippen LogP contribution in [0.25, 0.3) is 0 Å². The molecule has 0 spiro atoms. The molecule has 0 bridgehead atoms. The average Bonchev–Trinajstić information content (AvgIpc) is 2.91. The van der Waals surface area contributed by atoms with E-state index in [0.29, 0.717) is 6.61 Å². The molecule has 40 heavy (non-hydrogen) atoms. The monoisotopic (exact) mass is 581 g/mol. The first kappa shape index (κ1) is 31.4. The molecule has 0 radical (unpaired) electrons. The van der Waals surface area contributed by atoms with Crippen LogP contribution in [0.2, 0.25) is 0 Å². The van der Waals surface area contributed by atoms with Crippen molar-refractivity contribution in [1.29, 1.82) is 0 Å². The number of phenols is 2. The van der Waals surface area contributed by atoms with E-state index < -0.39 is 77.2 Å². The van der Waals surface area contributed by atoms with E-state index in [4.69, 9.17) is 20.3 Å². The molecule has 0 amide bonds. The number of aliphatic hydroxyl groups excluding tert-OH is 3. The number of aromatic hydroxyl groups is 2. The van der Waals surface area contributed by atoms with Crippen LogP contribution in [0, 0.1) is 0 Å². The fourth-order valence-corrected chi connectivity index (χ4v) is 5.31. The Bertz CT molecular complexity index is 1340. The van der Waals surface area contributed by atoms with Gasteiger partial charge in [-0.2, -0.15) is 0 Å². The van der Waals surface area contributed by atoms with Gasteiger partial charge in [0.2, 0.25) is 5.78 Å². The van der Waals surface area contributed by atoms with Gasteiger partial charge in [0, 0.05) is 42.2 Å². The fraction of sp³-hybridized carbons (Fsp3) is 0.444. The third-order valence-corrected chi connectivity index (χ3v) is 7.51. The van der Waals surface area contributed by atoms with Crippen LogP contribution in [0.15, 0.2) is 18.2 Å². The van der Waals surface area contributed by atoms with Gasteiger partial charge >= 0.3 is 0 Å². The number of halogens is 1. The number of rotatable bonds is 3. The summed E-state index contributed by atoms with van der Waals surface area (Å²) in [7, 11) is 1.32. The lowest BCUT2D eigenvalue weighted by atomic mass is 9.72. The second-order valence-corrected chi connectivity index (χ2v) is 9.91. The van der Waals surface area contributed by atoms with Crippen molar-refractivity contribution in [3.05, 3.63) is 51.6 Å². The zero-order valence-electron chi connectivity index (χ0n) is 21.8. The zero-order chi connectivity index (χ0) is 28.8. The van der Waals surface area contributed by atoms with E-state index in [-0.39, 0.29) is 52.6 Å². The Hall–Kier alpha value is -3.10. The van der Waals surface area contributed by atoms with Gasteiger partial charge in [-0.05, 0) is 19.4 Å². The maximum absolute atomic E-state index is 13.2. The van der Waals surface area contributed by atoms with Crippen molar-refractivity contribution in [2.24, 2.45) is 5.73 Å². The van der Waals surface area contributed by atoms with E-state index in [0.717, 1.165) is 6.42 Å². The van der Waals surface area contributed by atoms with Crippen LogP contribution in [-0.4, -0.2) is 92.2 Å². The van der Waals surface area contributed by atoms with Gasteiger partial charge in [0.1, 0.15) is 29.5 Å². The molecule has 12 nitrogen and oxygen atoms in total. The van der Waals surface area contributed by atoms with Crippen molar-refractivity contribution in [1.82, 2.24) is 0 Å². The summed E-state index contributed by atoms with van der Waals surface area (Å²) < 4.78 is 10.3. The molecule has 0 unspecified atom stereocenters. The van der Waals surface area contributed by atoms with Crippen LogP contribution in [0.1, 0.15) is 68.8 Å². The van der Waals surface area contributed by atoms with Gasteiger partial charge in [0.25, 0.3) is 0 Å². The molecule has 8 N–H and O–H groups in total. The topological polar surface area (TPSA) is 217 Å². The molecule has 0 saturated carbocycles. The number of carbonyl (C=O) groups is 3. The van der Waals surface area contributed by atoms with Crippen LogP contribution in [0.3, 0.4) is 0 Å². The SMILES string of the molecule is COc1cccc2c1C(=O)c1c(O)c3c(c(O)c1C2=O)C[C@@](O)(C(=O)CO)C[C@@H]3O.C[C@@H]1OCC[C@H](N)[C@@H]1O.Cl. The highest BCUT2D eigenvalue weighted by Gasteiger charge is 2.48. The van der Waals surface area contributed by atoms with Crippen LogP contribution in [0.5, 0.6) is 17.2 Å². The highest BCUT2D eigenvalue weighted by atomic mass is 35.5. The Morgan fingerprint density at radius 3 is 2.35 bits per heavy atom. The van der Waals surface area contributed by atoms with Gasteiger partial charge in [0.15, 0.2) is 11.6 Å². The lowest BCUT2D eigenvalue weighted by Crippen LogP contribution is -2.47.